The van der Waals surface area contributed by atoms with Gasteiger partial charge < -0.3 is 9.67 Å². The lowest BCUT2D eigenvalue weighted by Crippen LogP contribution is -2.23. The van der Waals surface area contributed by atoms with Crippen molar-refractivity contribution in [2.75, 3.05) is 0 Å². The quantitative estimate of drug-likeness (QED) is 0.930. The second-order valence-electron chi connectivity index (χ2n) is 4.93. The normalized spacial score (nSPS) is 17.8. The Hall–Kier alpha value is -2.24. The molecule has 3 rings (SSSR count). The van der Waals surface area contributed by atoms with Gasteiger partial charge in [0.1, 0.15) is 23.4 Å². The number of nitrogens with zero attached hydrogens (tertiary/aromatic N) is 3. The third kappa shape index (κ3) is 2.17. The van der Waals surface area contributed by atoms with Gasteiger partial charge >= 0.3 is 5.97 Å². The van der Waals surface area contributed by atoms with E-state index in [1.165, 1.54) is 6.07 Å². The minimum Gasteiger partial charge on any atom is -0.481 e. The van der Waals surface area contributed by atoms with Crippen molar-refractivity contribution >= 4 is 5.97 Å². The number of benzene rings is 1. The standard InChI is InChI=1S/C14H14FN3O2/c15-11-6-2-1-4-9(11)8-12-16-17-13-10(14(19)20)5-3-7-18(12)13/h1-2,4,6,10H,3,5,7-8H2,(H,19,20). The van der Waals surface area contributed by atoms with Crippen LogP contribution in [0.4, 0.5) is 4.39 Å². The highest BCUT2D eigenvalue weighted by Crippen LogP contribution is 2.27. The molecule has 1 aliphatic rings. The van der Waals surface area contributed by atoms with Crippen LogP contribution >= 0.6 is 0 Å². The van der Waals surface area contributed by atoms with Crippen LogP contribution in [0.5, 0.6) is 0 Å². The molecule has 2 aromatic rings. The van der Waals surface area contributed by atoms with Crippen molar-refractivity contribution in [3.8, 4) is 0 Å². The number of aliphatic carboxylic acids is 1. The van der Waals surface area contributed by atoms with Crippen LogP contribution in [0.15, 0.2) is 24.3 Å². The lowest BCUT2D eigenvalue weighted by atomic mass is 9.99. The van der Waals surface area contributed by atoms with Gasteiger partial charge in [-0.25, -0.2) is 4.39 Å². The van der Waals surface area contributed by atoms with Crippen LogP contribution < -0.4 is 0 Å². The second-order valence-corrected chi connectivity index (χ2v) is 4.93. The van der Waals surface area contributed by atoms with E-state index >= 15 is 0 Å². The van der Waals surface area contributed by atoms with E-state index in [0.29, 0.717) is 36.6 Å². The van der Waals surface area contributed by atoms with Crippen LogP contribution in [-0.2, 0) is 17.8 Å². The van der Waals surface area contributed by atoms with E-state index in [-0.39, 0.29) is 5.82 Å². The highest BCUT2D eigenvalue weighted by atomic mass is 19.1. The van der Waals surface area contributed by atoms with Crippen molar-refractivity contribution in [2.45, 2.75) is 31.7 Å². The monoisotopic (exact) mass is 275 g/mol. The SMILES string of the molecule is O=C(O)C1CCCn2c(Cc3ccccc3F)nnc21. The molecule has 20 heavy (non-hydrogen) atoms. The number of carboxylic acid groups (broad SMARTS) is 1. The summed E-state index contributed by atoms with van der Waals surface area (Å²) in [5.41, 5.74) is 0.542. The van der Waals surface area contributed by atoms with E-state index in [1.54, 1.807) is 18.2 Å². The molecule has 0 bridgehead atoms. The lowest BCUT2D eigenvalue weighted by Gasteiger charge is -2.20. The molecule has 1 N–H and O–H groups in total. The first kappa shape index (κ1) is 12.8. The Morgan fingerprint density at radius 3 is 2.95 bits per heavy atom. The third-order valence-corrected chi connectivity index (χ3v) is 3.65. The topological polar surface area (TPSA) is 68.0 Å². The van der Waals surface area contributed by atoms with Crippen LogP contribution in [0.1, 0.15) is 36.0 Å². The Morgan fingerprint density at radius 1 is 1.40 bits per heavy atom. The molecule has 0 spiro atoms. The molecule has 1 aliphatic heterocycles. The minimum absolute atomic E-state index is 0.282. The summed E-state index contributed by atoms with van der Waals surface area (Å²) >= 11 is 0. The van der Waals surface area contributed by atoms with Gasteiger partial charge in [-0.1, -0.05) is 18.2 Å². The highest BCUT2D eigenvalue weighted by molar-refractivity contribution is 5.75. The Bertz CT molecular complexity index is 654. The molecule has 2 heterocycles. The van der Waals surface area contributed by atoms with Crippen LogP contribution in [0.2, 0.25) is 0 Å². The minimum atomic E-state index is -0.879. The van der Waals surface area contributed by atoms with Gasteiger partial charge in [-0.15, -0.1) is 10.2 Å². The van der Waals surface area contributed by atoms with Crippen molar-refractivity contribution in [2.24, 2.45) is 0 Å². The average Bonchev–Trinajstić information content (AvgIpc) is 2.84. The Balaban J connectivity index is 1.93. The molecular weight excluding hydrogens is 261 g/mol. The van der Waals surface area contributed by atoms with Gasteiger partial charge in [0.05, 0.1) is 0 Å². The molecule has 1 aromatic carbocycles. The van der Waals surface area contributed by atoms with Crippen molar-refractivity contribution in [1.82, 2.24) is 14.8 Å². The molecule has 1 aromatic heterocycles. The predicted octanol–water partition coefficient (Wildman–Crippen LogP) is 1.97. The summed E-state index contributed by atoms with van der Waals surface area (Å²) in [6.45, 7) is 0.690. The number of halogens is 1. The largest absolute Gasteiger partial charge is 0.481 e. The maximum atomic E-state index is 13.7. The molecular formula is C14H14FN3O2. The molecule has 1 unspecified atom stereocenters. The summed E-state index contributed by atoms with van der Waals surface area (Å²) < 4.78 is 15.5. The summed E-state index contributed by atoms with van der Waals surface area (Å²) in [6.07, 6.45) is 1.67. The summed E-state index contributed by atoms with van der Waals surface area (Å²) in [5, 5.41) is 17.2. The molecule has 0 aliphatic carbocycles. The van der Waals surface area contributed by atoms with Crippen molar-refractivity contribution in [3.63, 3.8) is 0 Å². The smallest absolute Gasteiger partial charge is 0.314 e. The lowest BCUT2D eigenvalue weighted by molar-refractivity contribution is -0.139. The molecule has 0 radical (unpaired) electrons. The summed E-state index contributed by atoms with van der Waals surface area (Å²) in [7, 11) is 0. The van der Waals surface area contributed by atoms with Crippen molar-refractivity contribution in [1.29, 1.82) is 0 Å². The van der Waals surface area contributed by atoms with E-state index in [1.807, 2.05) is 4.57 Å². The first-order valence-electron chi connectivity index (χ1n) is 6.55. The highest BCUT2D eigenvalue weighted by Gasteiger charge is 2.30. The Kier molecular flexibility index (Phi) is 3.22. The molecule has 1 atom stereocenters. The number of fused-ring (bicyclic) bond motifs is 1. The summed E-state index contributed by atoms with van der Waals surface area (Å²) in [5.74, 6) is -0.664. The van der Waals surface area contributed by atoms with Crippen LogP contribution in [-0.4, -0.2) is 25.8 Å². The number of carbonyl (C=O) groups is 1. The number of carboxylic acids is 1. The average molecular weight is 275 g/mol. The molecule has 104 valence electrons. The molecule has 0 saturated carbocycles. The van der Waals surface area contributed by atoms with Crippen LogP contribution in [0.25, 0.3) is 0 Å². The van der Waals surface area contributed by atoms with Gasteiger partial charge in [0.2, 0.25) is 0 Å². The molecule has 0 fully saturated rings. The predicted molar refractivity (Wildman–Crippen MR) is 68.8 cm³/mol. The Morgan fingerprint density at radius 2 is 2.20 bits per heavy atom. The zero-order chi connectivity index (χ0) is 14.1. The number of hydrogen-bond donors (Lipinski definition) is 1. The van der Waals surface area contributed by atoms with Gasteiger partial charge in [-0.3, -0.25) is 4.79 Å². The fourth-order valence-corrected chi connectivity index (χ4v) is 2.61. The van der Waals surface area contributed by atoms with Crippen LogP contribution in [0, 0.1) is 5.82 Å². The van der Waals surface area contributed by atoms with Gasteiger partial charge in [0.15, 0.2) is 0 Å². The Labute approximate surface area is 115 Å². The third-order valence-electron chi connectivity index (χ3n) is 3.65. The van der Waals surface area contributed by atoms with E-state index in [2.05, 4.69) is 10.2 Å². The van der Waals surface area contributed by atoms with Gasteiger partial charge in [-0.05, 0) is 24.5 Å². The maximum Gasteiger partial charge on any atom is 0.314 e. The first-order valence-corrected chi connectivity index (χ1v) is 6.55. The first-order chi connectivity index (χ1) is 9.66. The number of rotatable bonds is 3. The fourth-order valence-electron chi connectivity index (χ4n) is 2.61. The van der Waals surface area contributed by atoms with Crippen LogP contribution in [0.3, 0.4) is 0 Å². The van der Waals surface area contributed by atoms with E-state index in [4.69, 9.17) is 0 Å². The van der Waals surface area contributed by atoms with Gasteiger partial charge in [0, 0.05) is 13.0 Å². The number of hydrogen-bond acceptors (Lipinski definition) is 3. The number of aromatic nitrogens is 3. The van der Waals surface area contributed by atoms with E-state index in [0.717, 1.165) is 6.42 Å². The maximum absolute atomic E-state index is 13.7. The molecule has 6 heteroatoms. The van der Waals surface area contributed by atoms with Gasteiger partial charge in [-0.2, -0.15) is 0 Å². The summed E-state index contributed by atoms with van der Waals surface area (Å²) in [4.78, 5) is 11.2. The summed E-state index contributed by atoms with van der Waals surface area (Å²) in [6, 6.07) is 6.52. The zero-order valence-electron chi connectivity index (χ0n) is 10.8. The van der Waals surface area contributed by atoms with Crippen molar-refractivity contribution < 1.29 is 14.3 Å². The van der Waals surface area contributed by atoms with E-state index < -0.39 is 11.9 Å². The zero-order valence-corrected chi connectivity index (χ0v) is 10.8. The fraction of sp³-hybridized carbons (Fsp3) is 0.357. The van der Waals surface area contributed by atoms with Crippen molar-refractivity contribution in [3.05, 3.63) is 47.3 Å². The molecule has 5 nitrogen and oxygen atoms in total. The van der Waals surface area contributed by atoms with E-state index in [9.17, 15) is 14.3 Å². The van der Waals surface area contributed by atoms with Gasteiger partial charge in [0.25, 0.3) is 0 Å². The molecule has 0 saturated heterocycles. The second kappa shape index (κ2) is 5.03. The molecule has 0 amide bonds.